The fraction of sp³-hybridized carbons (Fsp3) is 0.303. The molecule has 0 aliphatic carbocycles. The fourth-order valence-electron chi connectivity index (χ4n) is 5.13. The summed E-state index contributed by atoms with van der Waals surface area (Å²) in [5.74, 6) is 0.618. The van der Waals surface area contributed by atoms with Crippen molar-refractivity contribution in [1.29, 1.82) is 0 Å². The molecule has 0 amide bonds. The lowest BCUT2D eigenvalue weighted by molar-refractivity contribution is 0.0798. The van der Waals surface area contributed by atoms with Crippen molar-refractivity contribution in [3.63, 3.8) is 0 Å². The van der Waals surface area contributed by atoms with Crippen LogP contribution in [0.5, 0.6) is 5.75 Å². The minimum Gasteiger partial charge on any atom is -0.508 e. The normalized spacial score (nSPS) is 15.4. The molecule has 0 spiro atoms. The van der Waals surface area contributed by atoms with Crippen LogP contribution in [0, 0.1) is 11.7 Å². The van der Waals surface area contributed by atoms with Crippen molar-refractivity contribution >= 4 is 29.4 Å². The molecular formula is C33H37FN6O2. The second-order valence-corrected chi connectivity index (χ2v) is 10.7. The molecule has 0 saturated carbocycles. The molecule has 1 aromatic heterocycles. The van der Waals surface area contributed by atoms with Crippen molar-refractivity contribution in [3.8, 4) is 16.9 Å². The zero-order valence-electron chi connectivity index (χ0n) is 24.2. The number of nitrogens with one attached hydrogen (secondary N) is 2. The van der Waals surface area contributed by atoms with E-state index in [9.17, 15) is 9.50 Å². The summed E-state index contributed by atoms with van der Waals surface area (Å²) in [6.45, 7) is 7.98. The van der Waals surface area contributed by atoms with Crippen LogP contribution >= 0.6 is 0 Å². The van der Waals surface area contributed by atoms with Crippen LogP contribution in [-0.4, -0.2) is 47.1 Å². The Labute approximate surface area is 246 Å². The highest BCUT2D eigenvalue weighted by atomic mass is 19.1. The first kappa shape index (κ1) is 29.0. The third-order valence-electron chi connectivity index (χ3n) is 7.44. The molecule has 2 heterocycles. The number of morpholine rings is 1. The number of hydrogen-bond donors (Lipinski definition) is 3. The first-order valence-corrected chi connectivity index (χ1v) is 14.3. The number of benzene rings is 3. The van der Waals surface area contributed by atoms with E-state index in [1.54, 1.807) is 18.3 Å². The molecule has 0 radical (unpaired) electrons. The second kappa shape index (κ2) is 13.4. The van der Waals surface area contributed by atoms with Crippen LogP contribution in [0.15, 0.2) is 78.0 Å². The number of hydrazone groups is 1. The highest BCUT2D eigenvalue weighted by Gasteiger charge is 2.29. The standard InChI is InChI=1S/C33H37FN6O2/c1-4-23-18-28(37-27-11-8-24(9-12-27)26-6-5-7-29(41)19-26)13-10-25(23)14-15-36-39-33-35-20-30(34)32(38-33)40-16-17-42-21-31(40)22(2)3/h5-13,15,18-20,22,31,37,41H,4,14,16-17,21H2,1-3H3,(H,35,38,39)/b36-15+. The highest BCUT2D eigenvalue weighted by Crippen LogP contribution is 2.27. The van der Waals surface area contributed by atoms with E-state index in [0.717, 1.165) is 28.9 Å². The number of hydrogen-bond acceptors (Lipinski definition) is 8. The van der Waals surface area contributed by atoms with E-state index >= 15 is 0 Å². The topological polar surface area (TPSA) is 94.9 Å². The average molecular weight is 569 g/mol. The minimum atomic E-state index is -0.453. The Morgan fingerprint density at radius 2 is 1.88 bits per heavy atom. The van der Waals surface area contributed by atoms with Gasteiger partial charge in [0, 0.05) is 30.6 Å². The Hall–Kier alpha value is -4.50. The fourth-order valence-corrected chi connectivity index (χ4v) is 5.13. The molecule has 8 nitrogen and oxygen atoms in total. The van der Waals surface area contributed by atoms with Gasteiger partial charge in [-0.3, -0.25) is 0 Å². The number of aryl methyl sites for hydroxylation is 1. The number of phenols is 1. The SMILES string of the molecule is CCc1cc(Nc2ccc(-c3cccc(O)c3)cc2)ccc1C/C=N/Nc1ncc(F)c(N2CCOCC2C(C)C)n1. The molecule has 1 aliphatic heterocycles. The van der Waals surface area contributed by atoms with E-state index in [1.165, 1.54) is 17.3 Å². The maximum absolute atomic E-state index is 14.7. The minimum absolute atomic E-state index is 0.0495. The van der Waals surface area contributed by atoms with Gasteiger partial charge in [0.1, 0.15) is 5.75 Å². The largest absolute Gasteiger partial charge is 0.508 e. The summed E-state index contributed by atoms with van der Waals surface area (Å²) in [6.07, 6.45) is 4.47. The smallest absolute Gasteiger partial charge is 0.245 e. The van der Waals surface area contributed by atoms with Crippen LogP contribution in [0.3, 0.4) is 0 Å². The maximum atomic E-state index is 14.7. The van der Waals surface area contributed by atoms with E-state index in [2.05, 4.69) is 64.8 Å². The van der Waals surface area contributed by atoms with Gasteiger partial charge in [-0.1, -0.05) is 51.1 Å². The predicted molar refractivity (Wildman–Crippen MR) is 167 cm³/mol. The molecule has 9 heteroatoms. The third-order valence-corrected chi connectivity index (χ3v) is 7.44. The summed E-state index contributed by atoms with van der Waals surface area (Å²) in [6, 6.07) is 21.7. The van der Waals surface area contributed by atoms with Crippen molar-refractivity contribution in [2.45, 2.75) is 39.7 Å². The number of halogens is 1. The molecule has 42 heavy (non-hydrogen) atoms. The molecule has 3 N–H and O–H groups in total. The van der Waals surface area contributed by atoms with Gasteiger partial charge in [0.25, 0.3) is 0 Å². The lowest BCUT2D eigenvalue weighted by Crippen LogP contribution is -2.49. The van der Waals surface area contributed by atoms with Gasteiger partial charge in [-0.15, -0.1) is 0 Å². The highest BCUT2D eigenvalue weighted by molar-refractivity contribution is 5.70. The van der Waals surface area contributed by atoms with Crippen LogP contribution in [0.4, 0.5) is 27.5 Å². The van der Waals surface area contributed by atoms with Gasteiger partial charge in [-0.05, 0) is 71.0 Å². The zero-order chi connectivity index (χ0) is 29.5. The molecular weight excluding hydrogens is 531 g/mol. The van der Waals surface area contributed by atoms with Gasteiger partial charge < -0.3 is 20.1 Å². The number of aromatic hydroxyl groups is 1. The van der Waals surface area contributed by atoms with Crippen molar-refractivity contribution in [3.05, 3.63) is 89.9 Å². The third kappa shape index (κ3) is 7.03. The lowest BCUT2D eigenvalue weighted by atomic mass is 10.0. The summed E-state index contributed by atoms with van der Waals surface area (Å²) in [5, 5.41) is 17.5. The van der Waals surface area contributed by atoms with Gasteiger partial charge >= 0.3 is 0 Å². The average Bonchev–Trinajstić information content (AvgIpc) is 3.01. The molecule has 1 saturated heterocycles. The van der Waals surface area contributed by atoms with Crippen LogP contribution in [0.2, 0.25) is 0 Å². The Morgan fingerprint density at radius 1 is 1.07 bits per heavy atom. The first-order chi connectivity index (χ1) is 20.4. The Morgan fingerprint density at radius 3 is 2.64 bits per heavy atom. The van der Waals surface area contributed by atoms with Crippen molar-refractivity contribution in [2.75, 3.05) is 35.4 Å². The lowest BCUT2D eigenvalue weighted by Gasteiger charge is -2.38. The number of ether oxygens (including phenoxy) is 1. The molecule has 1 fully saturated rings. The first-order valence-electron chi connectivity index (χ1n) is 14.3. The van der Waals surface area contributed by atoms with Gasteiger partial charge in [0.15, 0.2) is 11.6 Å². The van der Waals surface area contributed by atoms with E-state index in [-0.39, 0.29) is 23.6 Å². The molecule has 218 valence electrons. The molecule has 4 aromatic rings. The molecule has 1 atom stereocenters. The summed E-state index contributed by atoms with van der Waals surface area (Å²) in [7, 11) is 0. The Bertz CT molecular complexity index is 1530. The quantitative estimate of drug-likeness (QED) is 0.143. The molecule has 5 rings (SSSR count). The zero-order valence-corrected chi connectivity index (χ0v) is 24.2. The maximum Gasteiger partial charge on any atom is 0.245 e. The second-order valence-electron chi connectivity index (χ2n) is 10.7. The van der Waals surface area contributed by atoms with E-state index in [0.29, 0.717) is 32.1 Å². The van der Waals surface area contributed by atoms with Crippen molar-refractivity contribution in [2.24, 2.45) is 11.0 Å². The Balaban J connectivity index is 1.20. The monoisotopic (exact) mass is 568 g/mol. The molecule has 1 aliphatic rings. The predicted octanol–water partition coefficient (Wildman–Crippen LogP) is 6.80. The summed E-state index contributed by atoms with van der Waals surface area (Å²) < 4.78 is 20.3. The number of aromatic nitrogens is 2. The molecule has 0 bridgehead atoms. The summed E-state index contributed by atoms with van der Waals surface area (Å²) in [5.41, 5.74) is 9.25. The number of nitrogens with zero attached hydrogens (tertiary/aromatic N) is 4. The van der Waals surface area contributed by atoms with Crippen LogP contribution in [-0.2, 0) is 17.6 Å². The summed E-state index contributed by atoms with van der Waals surface area (Å²) >= 11 is 0. The Kier molecular flexibility index (Phi) is 9.28. The van der Waals surface area contributed by atoms with Gasteiger partial charge in [-0.25, -0.2) is 14.8 Å². The molecule has 1 unspecified atom stereocenters. The van der Waals surface area contributed by atoms with E-state index in [1.807, 2.05) is 41.3 Å². The van der Waals surface area contributed by atoms with Crippen LogP contribution < -0.4 is 15.6 Å². The number of anilines is 4. The van der Waals surface area contributed by atoms with Gasteiger partial charge in [0.05, 0.1) is 25.5 Å². The van der Waals surface area contributed by atoms with E-state index < -0.39 is 5.82 Å². The van der Waals surface area contributed by atoms with Crippen molar-refractivity contribution in [1.82, 2.24) is 9.97 Å². The number of rotatable bonds is 10. The van der Waals surface area contributed by atoms with Crippen molar-refractivity contribution < 1.29 is 14.2 Å². The van der Waals surface area contributed by atoms with E-state index in [4.69, 9.17) is 4.74 Å². The van der Waals surface area contributed by atoms with Crippen LogP contribution in [0.1, 0.15) is 31.9 Å². The van der Waals surface area contributed by atoms with Crippen LogP contribution in [0.25, 0.3) is 11.1 Å². The van der Waals surface area contributed by atoms with Gasteiger partial charge in [0.2, 0.25) is 5.95 Å². The summed E-state index contributed by atoms with van der Waals surface area (Å²) in [4.78, 5) is 10.5. The van der Waals surface area contributed by atoms with Gasteiger partial charge in [-0.2, -0.15) is 10.1 Å². The number of phenolic OH excluding ortho intramolecular Hbond substituents is 1. The molecule has 3 aromatic carbocycles.